The first-order valence-electron chi connectivity index (χ1n) is 5.29. The molecule has 1 unspecified atom stereocenters. The van der Waals surface area contributed by atoms with Crippen LogP contribution in [-0.2, 0) is 0 Å². The molecule has 1 fully saturated rings. The lowest BCUT2D eigenvalue weighted by Gasteiger charge is -1.97. The van der Waals surface area contributed by atoms with Gasteiger partial charge in [0.2, 0.25) is 0 Å². The van der Waals surface area contributed by atoms with Crippen LogP contribution in [-0.4, -0.2) is 15.2 Å². The van der Waals surface area contributed by atoms with Crippen molar-refractivity contribution in [2.24, 2.45) is 11.8 Å². The normalized spacial score (nSPS) is 29.6. The van der Waals surface area contributed by atoms with Gasteiger partial charge in [0.25, 0.3) is 0 Å². The number of anilines is 1. The first-order chi connectivity index (χ1) is 7.18. The summed E-state index contributed by atoms with van der Waals surface area (Å²) in [6, 6.07) is 4.08. The average Bonchev–Trinajstić information content (AvgIpc) is 2.67. The molecule has 1 saturated carbocycles. The fraction of sp³-hybridized carbons (Fsp3) is 0.455. The van der Waals surface area contributed by atoms with Gasteiger partial charge in [-0.1, -0.05) is 13.8 Å². The minimum Gasteiger partial charge on any atom is -0.382 e. The summed E-state index contributed by atoms with van der Waals surface area (Å²) in [5.74, 6) is 2.63. The van der Waals surface area contributed by atoms with Crippen molar-refractivity contribution in [3.63, 3.8) is 0 Å². The first kappa shape index (κ1) is 8.71. The van der Waals surface area contributed by atoms with Gasteiger partial charge in [-0.15, -0.1) is 0 Å². The summed E-state index contributed by atoms with van der Waals surface area (Å²) in [5, 5.41) is 7.72. The minimum absolute atomic E-state index is 0.529. The molecule has 0 saturated heterocycles. The standard InChI is InChI=1S/C11H14N4/c1-5-6(2)9(5)8-4-3-7-10(12)14-15-11(7)13-8/h3-6,9H,1-2H3,(H3,12,13,14,15)/t5-,6+,9?. The number of nitrogens with one attached hydrogen (secondary N) is 1. The lowest BCUT2D eigenvalue weighted by Crippen LogP contribution is -1.89. The van der Waals surface area contributed by atoms with E-state index in [4.69, 9.17) is 5.73 Å². The minimum atomic E-state index is 0.529. The first-order valence-corrected chi connectivity index (χ1v) is 5.29. The quantitative estimate of drug-likeness (QED) is 0.742. The Kier molecular flexibility index (Phi) is 1.58. The van der Waals surface area contributed by atoms with Gasteiger partial charge in [0.15, 0.2) is 11.5 Å². The number of aromatic nitrogens is 3. The Morgan fingerprint density at radius 2 is 2.00 bits per heavy atom. The van der Waals surface area contributed by atoms with Crippen LogP contribution in [0.25, 0.3) is 11.0 Å². The van der Waals surface area contributed by atoms with Gasteiger partial charge in [-0.3, -0.25) is 5.10 Å². The fourth-order valence-corrected chi connectivity index (χ4v) is 2.33. The molecule has 0 amide bonds. The molecule has 1 aliphatic carbocycles. The number of hydrogen-bond acceptors (Lipinski definition) is 3. The van der Waals surface area contributed by atoms with Gasteiger partial charge in [-0.25, -0.2) is 4.98 Å². The summed E-state index contributed by atoms with van der Waals surface area (Å²) in [4.78, 5) is 4.56. The second-order valence-electron chi connectivity index (χ2n) is 4.49. The molecule has 78 valence electrons. The number of fused-ring (bicyclic) bond motifs is 1. The van der Waals surface area contributed by atoms with Crippen LogP contribution in [0.15, 0.2) is 12.1 Å². The van der Waals surface area contributed by atoms with E-state index in [1.807, 2.05) is 6.07 Å². The SMILES string of the molecule is C[C@@H]1C(c2ccc3c(N)n[nH]c3n2)[C@@H]1C. The van der Waals surface area contributed by atoms with E-state index in [-0.39, 0.29) is 0 Å². The van der Waals surface area contributed by atoms with Crippen molar-refractivity contribution in [3.8, 4) is 0 Å². The van der Waals surface area contributed by atoms with Gasteiger partial charge in [0, 0.05) is 11.6 Å². The van der Waals surface area contributed by atoms with Gasteiger partial charge in [-0.05, 0) is 24.0 Å². The Labute approximate surface area is 87.9 Å². The monoisotopic (exact) mass is 202 g/mol. The number of H-pyrrole nitrogens is 1. The van der Waals surface area contributed by atoms with Crippen molar-refractivity contribution < 1.29 is 0 Å². The smallest absolute Gasteiger partial charge is 0.157 e. The third-order valence-corrected chi connectivity index (χ3v) is 3.64. The van der Waals surface area contributed by atoms with E-state index in [0.29, 0.717) is 11.7 Å². The molecular formula is C11H14N4. The molecule has 4 heteroatoms. The van der Waals surface area contributed by atoms with Crippen LogP contribution in [0.1, 0.15) is 25.5 Å². The Bertz CT molecular complexity index is 508. The number of rotatable bonds is 1. The molecule has 4 nitrogen and oxygen atoms in total. The van der Waals surface area contributed by atoms with Crippen LogP contribution >= 0.6 is 0 Å². The van der Waals surface area contributed by atoms with Crippen LogP contribution in [0.4, 0.5) is 5.82 Å². The molecule has 15 heavy (non-hydrogen) atoms. The van der Waals surface area contributed by atoms with E-state index in [9.17, 15) is 0 Å². The van der Waals surface area contributed by atoms with E-state index >= 15 is 0 Å². The number of pyridine rings is 1. The third kappa shape index (κ3) is 1.14. The summed E-state index contributed by atoms with van der Waals surface area (Å²) in [7, 11) is 0. The Balaban J connectivity index is 2.08. The van der Waals surface area contributed by atoms with E-state index in [0.717, 1.165) is 28.6 Å². The average molecular weight is 202 g/mol. The maximum atomic E-state index is 5.69. The zero-order chi connectivity index (χ0) is 10.6. The summed E-state index contributed by atoms with van der Waals surface area (Å²) in [6.07, 6.45) is 0. The molecule has 2 aromatic rings. The van der Waals surface area contributed by atoms with E-state index in [1.54, 1.807) is 0 Å². The Morgan fingerprint density at radius 3 is 2.67 bits per heavy atom. The molecular weight excluding hydrogens is 188 g/mol. The van der Waals surface area contributed by atoms with Crippen molar-refractivity contribution in [1.82, 2.24) is 15.2 Å². The van der Waals surface area contributed by atoms with Crippen molar-refractivity contribution in [2.45, 2.75) is 19.8 Å². The second-order valence-corrected chi connectivity index (χ2v) is 4.49. The lowest BCUT2D eigenvalue weighted by atomic mass is 10.2. The molecule has 3 N–H and O–H groups in total. The summed E-state index contributed by atoms with van der Waals surface area (Å²) in [5.41, 5.74) is 7.65. The number of nitrogens with two attached hydrogens (primary N) is 1. The van der Waals surface area contributed by atoms with Gasteiger partial charge >= 0.3 is 0 Å². The van der Waals surface area contributed by atoms with Gasteiger partial charge in [0.05, 0.1) is 5.39 Å². The van der Waals surface area contributed by atoms with Gasteiger partial charge < -0.3 is 5.73 Å². The van der Waals surface area contributed by atoms with Crippen molar-refractivity contribution in [3.05, 3.63) is 17.8 Å². The summed E-state index contributed by atoms with van der Waals surface area (Å²) < 4.78 is 0. The number of hydrogen-bond donors (Lipinski definition) is 2. The lowest BCUT2D eigenvalue weighted by molar-refractivity contribution is 0.834. The zero-order valence-corrected chi connectivity index (χ0v) is 8.86. The van der Waals surface area contributed by atoms with Gasteiger partial charge in [-0.2, -0.15) is 5.10 Å². The topological polar surface area (TPSA) is 67.6 Å². The van der Waals surface area contributed by atoms with Crippen molar-refractivity contribution >= 4 is 16.9 Å². The maximum absolute atomic E-state index is 5.69. The van der Waals surface area contributed by atoms with Crippen LogP contribution in [0.5, 0.6) is 0 Å². The molecule has 3 atom stereocenters. The molecule has 2 aromatic heterocycles. The second kappa shape index (κ2) is 2.72. The fourth-order valence-electron chi connectivity index (χ4n) is 2.33. The van der Waals surface area contributed by atoms with Crippen LogP contribution in [0.2, 0.25) is 0 Å². The molecule has 2 heterocycles. The highest BCUT2D eigenvalue weighted by atomic mass is 15.2. The van der Waals surface area contributed by atoms with Crippen LogP contribution < -0.4 is 5.73 Å². The Morgan fingerprint density at radius 1 is 1.27 bits per heavy atom. The van der Waals surface area contributed by atoms with Crippen molar-refractivity contribution in [1.29, 1.82) is 0 Å². The largest absolute Gasteiger partial charge is 0.382 e. The maximum Gasteiger partial charge on any atom is 0.157 e. The third-order valence-electron chi connectivity index (χ3n) is 3.64. The summed E-state index contributed by atoms with van der Waals surface area (Å²) in [6.45, 7) is 4.53. The highest BCUT2D eigenvalue weighted by Gasteiger charge is 2.44. The molecule has 0 spiro atoms. The zero-order valence-electron chi connectivity index (χ0n) is 8.86. The number of nitrogens with zero attached hydrogens (tertiary/aromatic N) is 2. The van der Waals surface area contributed by atoms with Crippen LogP contribution in [0, 0.1) is 11.8 Å². The molecule has 1 aliphatic rings. The Hall–Kier alpha value is -1.58. The highest BCUT2D eigenvalue weighted by Crippen LogP contribution is 2.52. The predicted octanol–water partition coefficient (Wildman–Crippen LogP) is 1.91. The molecule has 0 bridgehead atoms. The molecule has 0 radical (unpaired) electrons. The highest BCUT2D eigenvalue weighted by molar-refractivity contribution is 5.85. The number of nitrogen functional groups attached to an aromatic ring is 1. The summed E-state index contributed by atoms with van der Waals surface area (Å²) >= 11 is 0. The molecule has 0 aliphatic heterocycles. The van der Waals surface area contributed by atoms with Crippen molar-refractivity contribution in [2.75, 3.05) is 5.73 Å². The van der Waals surface area contributed by atoms with E-state index in [1.165, 1.54) is 0 Å². The van der Waals surface area contributed by atoms with Crippen LogP contribution in [0.3, 0.4) is 0 Å². The molecule has 3 rings (SSSR count). The van der Waals surface area contributed by atoms with Gasteiger partial charge in [0.1, 0.15) is 0 Å². The van der Waals surface area contributed by atoms with E-state index in [2.05, 4.69) is 35.1 Å². The van der Waals surface area contributed by atoms with E-state index < -0.39 is 0 Å². The molecule has 0 aromatic carbocycles. The predicted molar refractivity (Wildman–Crippen MR) is 59.4 cm³/mol. The number of aromatic amines is 1.